The van der Waals surface area contributed by atoms with Gasteiger partial charge in [-0.1, -0.05) is 45.1 Å². The minimum absolute atomic E-state index is 0.489. The monoisotopic (exact) mass is 280 g/mol. The second-order valence-electron chi connectivity index (χ2n) is 5.20. The third-order valence-electron chi connectivity index (χ3n) is 3.43. The van der Waals surface area contributed by atoms with Crippen LogP contribution >= 0.6 is 0 Å². The zero-order valence-corrected chi connectivity index (χ0v) is 13.0. The number of aliphatic hydroxyl groups excluding tert-OH is 1. The molecule has 0 amide bonds. The van der Waals surface area contributed by atoms with Gasteiger partial charge in [0.2, 0.25) is 0 Å². The van der Waals surface area contributed by atoms with Crippen molar-refractivity contribution in [1.29, 1.82) is 0 Å². The van der Waals surface area contributed by atoms with E-state index in [1.54, 1.807) is 14.0 Å². The molecule has 0 fully saturated rings. The van der Waals surface area contributed by atoms with Crippen molar-refractivity contribution in [2.45, 2.75) is 58.5 Å². The van der Waals surface area contributed by atoms with Crippen LogP contribution in [0.15, 0.2) is 18.2 Å². The SMILES string of the molecule is CCCCCCCCOc1ccc([C@H](C)O)cc1OC. The highest BCUT2D eigenvalue weighted by atomic mass is 16.5. The first-order chi connectivity index (χ1) is 9.69. The van der Waals surface area contributed by atoms with E-state index in [0.29, 0.717) is 5.75 Å². The Morgan fingerprint density at radius 2 is 1.75 bits per heavy atom. The largest absolute Gasteiger partial charge is 0.493 e. The molecular formula is C17H28O3. The topological polar surface area (TPSA) is 38.7 Å². The average Bonchev–Trinajstić information content (AvgIpc) is 2.46. The quantitative estimate of drug-likeness (QED) is 0.642. The van der Waals surface area contributed by atoms with Crippen LogP contribution in [0.25, 0.3) is 0 Å². The van der Waals surface area contributed by atoms with Crippen molar-refractivity contribution in [3.63, 3.8) is 0 Å². The van der Waals surface area contributed by atoms with Gasteiger partial charge in [-0.25, -0.2) is 0 Å². The molecule has 1 rings (SSSR count). The van der Waals surface area contributed by atoms with Gasteiger partial charge in [-0.15, -0.1) is 0 Å². The molecule has 1 aromatic rings. The van der Waals surface area contributed by atoms with Gasteiger partial charge in [0.1, 0.15) is 0 Å². The van der Waals surface area contributed by atoms with Crippen molar-refractivity contribution in [1.82, 2.24) is 0 Å². The Kier molecular flexibility index (Phi) is 8.12. The van der Waals surface area contributed by atoms with E-state index >= 15 is 0 Å². The molecule has 3 nitrogen and oxygen atoms in total. The molecule has 0 bridgehead atoms. The highest BCUT2D eigenvalue weighted by Gasteiger charge is 2.08. The lowest BCUT2D eigenvalue weighted by molar-refractivity contribution is 0.198. The van der Waals surface area contributed by atoms with Crippen molar-refractivity contribution in [3.8, 4) is 11.5 Å². The molecule has 3 heteroatoms. The van der Waals surface area contributed by atoms with Gasteiger partial charge in [0, 0.05) is 0 Å². The maximum absolute atomic E-state index is 9.56. The van der Waals surface area contributed by atoms with Crippen molar-refractivity contribution in [2.24, 2.45) is 0 Å². The lowest BCUT2D eigenvalue weighted by Crippen LogP contribution is -2.01. The molecule has 0 aliphatic heterocycles. The lowest BCUT2D eigenvalue weighted by Gasteiger charge is -2.13. The summed E-state index contributed by atoms with van der Waals surface area (Å²) in [5.74, 6) is 1.44. The average molecular weight is 280 g/mol. The molecule has 0 aliphatic carbocycles. The molecule has 20 heavy (non-hydrogen) atoms. The van der Waals surface area contributed by atoms with E-state index in [0.717, 1.165) is 24.3 Å². The summed E-state index contributed by atoms with van der Waals surface area (Å²) in [5, 5.41) is 9.56. The fraction of sp³-hybridized carbons (Fsp3) is 0.647. The molecule has 0 saturated heterocycles. The zero-order chi connectivity index (χ0) is 14.8. The van der Waals surface area contributed by atoms with Gasteiger partial charge >= 0.3 is 0 Å². The second kappa shape index (κ2) is 9.65. The molecule has 0 unspecified atom stereocenters. The normalized spacial score (nSPS) is 12.2. The summed E-state index contributed by atoms with van der Waals surface area (Å²) in [7, 11) is 1.62. The zero-order valence-electron chi connectivity index (χ0n) is 13.0. The van der Waals surface area contributed by atoms with E-state index in [1.165, 1.54) is 32.1 Å². The third kappa shape index (κ3) is 5.83. The Morgan fingerprint density at radius 1 is 1.05 bits per heavy atom. The minimum atomic E-state index is -0.489. The van der Waals surface area contributed by atoms with Gasteiger partial charge in [0.05, 0.1) is 19.8 Å². The number of unbranched alkanes of at least 4 members (excludes halogenated alkanes) is 5. The van der Waals surface area contributed by atoms with Gasteiger partial charge in [-0.3, -0.25) is 0 Å². The summed E-state index contributed by atoms with van der Waals surface area (Å²) in [5.41, 5.74) is 0.841. The molecule has 1 aromatic carbocycles. The molecule has 1 atom stereocenters. The summed E-state index contributed by atoms with van der Waals surface area (Å²) in [6.45, 7) is 4.69. The van der Waals surface area contributed by atoms with Crippen LogP contribution in [-0.2, 0) is 0 Å². The van der Waals surface area contributed by atoms with Gasteiger partial charge in [-0.2, -0.15) is 0 Å². The smallest absolute Gasteiger partial charge is 0.161 e. The molecule has 0 saturated carbocycles. The summed E-state index contributed by atoms with van der Waals surface area (Å²) < 4.78 is 11.1. The predicted molar refractivity (Wildman–Crippen MR) is 82.5 cm³/mol. The molecule has 0 spiro atoms. The summed E-state index contributed by atoms with van der Waals surface area (Å²) in [6, 6.07) is 5.59. The van der Waals surface area contributed by atoms with Crippen LogP contribution in [0.3, 0.4) is 0 Å². The first-order valence-corrected chi connectivity index (χ1v) is 7.67. The number of ether oxygens (including phenoxy) is 2. The summed E-state index contributed by atoms with van der Waals surface area (Å²) >= 11 is 0. The van der Waals surface area contributed by atoms with Gasteiger partial charge in [0.25, 0.3) is 0 Å². The third-order valence-corrected chi connectivity index (χ3v) is 3.43. The first kappa shape index (κ1) is 16.8. The van der Waals surface area contributed by atoms with Crippen LogP contribution in [0, 0.1) is 0 Å². The number of benzene rings is 1. The fourth-order valence-corrected chi connectivity index (χ4v) is 2.13. The summed E-state index contributed by atoms with van der Waals surface area (Å²) in [6.07, 6.45) is 7.02. The molecule has 0 aliphatic rings. The highest BCUT2D eigenvalue weighted by Crippen LogP contribution is 2.30. The highest BCUT2D eigenvalue weighted by molar-refractivity contribution is 5.43. The Labute approximate surface area is 122 Å². The molecule has 0 aromatic heterocycles. The number of rotatable bonds is 10. The van der Waals surface area contributed by atoms with Crippen LogP contribution in [0.4, 0.5) is 0 Å². The lowest BCUT2D eigenvalue weighted by atomic mass is 10.1. The maximum atomic E-state index is 9.56. The van der Waals surface area contributed by atoms with Gasteiger partial charge in [0.15, 0.2) is 11.5 Å². The van der Waals surface area contributed by atoms with E-state index in [9.17, 15) is 5.11 Å². The van der Waals surface area contributed by atoms with E-state index < -0.39 is 6.10 Å². The van der Waals surface area contributed by atoms with Gasteiger partial charge < -0.3 is 14.6 Å². The Bertz CT molecular complexity index is 374. The molecule has 114 valence electrons. The molecule has 0 radical (unpaired) electrons. The Morgan fingerprint density at radius 3 is 2.40 bits per heavy atom. The summed E-state index contributed by atoms with van der Waals surface area (Å²) in [4.78, 5) is 0. The van der Waals surface area contributed by atoms with Crippen molar-refractivity contribution >= 4 is 0 Å². The standard InChI is InChI=1S/C17H28O3/c1-4-5-6-7-8-9-12-20-16-11-10-15(14(2)18)13-17(16)19-3/h10-11,13-14,18H,4-9,12H2,1-3H3/t14-/m0/s1. The molecular weight excluding hydrogens is 252 g/mol. The van der Waals surface area contributed by atoms with E-state index in [-0.39, 0.29) is 0 Å². The maximum Gasteiger partial charge on any atom is 0.161 e. The van der Waals surface area contributed by atoms with E-state index in [2.05, 4.69) is 6.92 Å². The van der Waals surface area contributed by atoms with Crippen molar-refractivity contribution in [2.75, 3.05) is 13.7 Å². The van der Waals surface area contributed by atoms with Crippen molar-refractivity contribution in [3.05, 3.63) is 23.8 Å². The van der Waals surface area contributed by atoms with Crippen molar-refractivity contribution < 1.29 is 14.6 Å². The van der Waals surface area contributed by atoms with E-state index in [4.69, 9.17) is 9.47 Å². The number of methoxy groups -OCH3 is 1. The number of hydrogen-bond donors (Lipinski definition) is 1. The Hall–Kier alpha value is -1.22. The van der Waals surface area contributed by atoms with Crippen LogP contribution in [0.2, 0.25) is 0 Å². The first-order valence-electron chi connectivity index (χ1n) is 7.67. The van der Waals surface area contributed by atoms with Crippen LogP contribution in [0.1, 0.15) is 64.0 Å². The predicted octanol–water partition coefficient (Wildman–Crippen LogP) is 4.49. The van der Waals surface area contributed by atoms with Crippen LogP contribution in [-0.4, -0.2) is 18.8 Å². The van der Waals surface area contributed by atoms with Crippen LogP contribution < -0.4 is 9.47 Å². The van der Waals surface area contributed by atoms with Gasteiger partial charge in [-0.05, 0) is 31.0 Å². The fourth-order valence-electron chi connectivity index (χ4n) is 2.13. The molecule has 0 heterocycles. The Balaban J connectivity index is 2.36. The van der Waals surface area contributed by atoms with Crippen LogP contribution in [0.5, 0.6) is 11.5 Å². The minimum Gasteiger partial charge on any atom is -0.493 e. The van der Waals surface area contributed by atoms with E-state index in [1.807, 2.05) is 18.2 Å². The number of hydrogen-bond acceptors (Lipinski definition) is 3. The second-order valence-corrected chi connectivity index (χ2v) is 5.20. The molecule has 1 N–H and O–H groups in total. The number of aliphatic hydroxyl groups is 1.